The summed E-state index contributed by atoms with van der Waals surface area (Å²) in [4.78, 5) is 5.42. The Labute approximate surface area is 121 Å². The summed E-state index contributed by atoms with van der Waals surface area (Å²) in [5.41, 5.74) is 0.442. The van der Waals surface area contributed by atoms with E-state index in [0.717, 1.165) is 6.04 Å². The molecule has 2 atom stereocenters. The van der Waals surface area contributed by atoms with Gasteiger partial charge in [0.1, 0.15) is 0 Å². The summed E-state index contributed by atoms with van der Waals surface area (Å²) in [7, 11) is 0. The minimum Gasteiger partial charge on any atom is -0.300 e. The minimum absolute atomic E-state index is 0.442. The molecule has 0 aromatic rings. The first-order valence-corrected chi connectivity index (χ1v) is 8.60. The van der Waals surface area contributed by atoms with Crippen LogP contribution in [0.5, 0.6) is 0 Å². The van der Waals surface area contributed by atoms with E-state index in [-0.39, 0.29) is 0 Å². The molecule has 0 aromatic heterocycles. The first-order valence-electron chi connectivity index (χ1n) is 8.60. The van der Waals surface area contributed by atoms with Gasteiger partial charge in [0, 0.05) is 24.7 Å². The zero-order valence-corrected chi connectivity index (χ0v) is 14.0. The van der Waals surface area contributed by atoms with Gasteiger partial charge < -0.3 is 0 Å². The van der Waals surface area contributed by atoms with E-state index in [2.05, 4.69) is 44.4 Å². The van der Waals surface area contributed by atoms with Crippen molar-refractivity contribution in [2.45, 2.75) is 84.7 Å². The smallest absolute Gasteiger partial charge is 0.0235 e. The van der Waals surface area contributed by atoms with E-state index in [4.69, 9.17) is 0 Å². The molecule has 2 unspecified atom stereocenters. The Balaban J connectivity index is 2.53. The molecule has 1 fully saturated rings. The van der Waals surface area contributed by atoms with Crippen molar-refractivity contribution >= 4 is 0 Å². The Hall–Kier alpha value is -0.0800. The molecule has 0 amide bonds. The highest BCUT2D eigenvalue weighted by atomic mass is 15.3. The molecule has 0 N–H and O–H groups in total. The Bertz CT molecular complexity index is 237. The van der Waals surface area contributed by atoms with E-state index in [1.54, 1.807) is 0 Å². The second kappa shape index (κ2) is 8.26. The molecule has 1 aliphatic rings. The Morgan fingerprint density at radius 3 is 2.32 bits per heavy atom. The molecule has 0 aliphatic carbocycles. The monoisotopic (exact) mass is 268 g/mol. The molecule has 0 bridgehead atoms. The molecule has 0 aromatic carbocycles. The van der Waals surface area contributed by atoms with Gasteiger partial charge in [-0.2, -0.15) is 0 Å². The molecule has 1 aliphatic heterocycles. The second-order valence-electron chi connectivity index (χ2n) is 6.42. The van der Waals surface area contributed by atoms with Crippen LogP contribution >= 0.6 is 0 Å². The van der Waals surface area contributed by atoms with Crippen LogP contribution in [0.3, 0.4) is 0 Å². The van der Waals surface area contributed by atoms with Crippen molar-refractivity contribution in [3.8, 4) is 0 Å². The van der Waals surface area contributed by atoms with Gasteiger partial charge in [0.25, 0.3) is 0 Å². The zero-order chi connectivity index (χ0) is 14.3. The average molecular weight is 268 g/mol. The first-order chi connectivity index (χ1) is 9.11. The Morgan fingerprint density at radius 1 is 1.11 bits per heavy atom. The van der Waals surface area contributed by atoms with Crippen LogP contribution in [0.1, 0.15) is 73.1 Å². The van der Waals surface area contributed by atoms with Crippen LogP contribution in [0.2, 0.25) is 0 Å². The molecule has 1 rings (SSSR count). The topological polar surface area (TPSA) is 6.48 Å². The van der Waals surface area contributed by atoms with Gasteiger partial charge in [0.05, 0.1) is 0 Å². The summed E-state index contributed by atoms with van der Waals surface area (Å²) in [6, 6.07) is 0.798. The molecule has 2 heteroatoms. The van der Waals surface area contributed by atoms with Crippen molar-refractivity contribution in [3.05, 3.63) is 0 Å². The maximum absolute atomic E-state index is 2.78. The summed E-state index contributed by atoms with van der Waals surface area (Å²) < 4.78 is 0. The molecule has 0 radical (unpaired) electrons. The van der Waals surface area contributed by atoms with Crippen LogP contribution in [0, 0.1) is 0 Å². The lowest BCUT2D eigenvalue weighted by Crippen LogP contribution is -2.46. The van der Waals surface area contributed by atoms with E-state index >= 15 is 0 Å². The van der Waals surface area contributed by atoms with Gasteiger partial charge in [-0.25, -0.2) is 0 Å². The zero-order valence-electron chi connectivity index (χ0n) is 14.0. The van der Waals surface area contributed by atoms with Gasteiger partial charge >= 0.3 is 0 Å². The fourth-order valence-corrected chi connectivity index (χ4v) is 3.58. The molecule has 1 saturated heterocycles. The molecule has 19 heavy (non-hydrogen) atoms. The number of likely N-dealkylation sites (tertiary alicyclic amines) is 1. The molecule has 1 heterocycles. The van der Waals surface area contributed by atoms with Gasteiger partial charge in [-0.05, 0) is 39.3 Å². The second-order valence-corrected chi connectivity index (χ2v) is 6.42. The van der Waals surface area contributed by atoms with Crippen LogP contribution < -0.4 is 0 Å². The van der Waals surface area contributed by atoms with E-state index in [0.29, 0.717) is 5.54 Å². The molecule has 0 saturated carbocycles. The van der Waals surface area contributed by atoms with Gasteiger partial charge in [0.2, 0.25) is 0 Å². The Kier molecular flexibility index (Phi) is 7.38. The van der Waals surface area contributed by atoms with Crippen molar-refractivity contribution in [2.24, 2.45) is 0 Å². The number of hydrogen-bond acceptors (Lipinski definition) is 2. The van der Waals surface area contributed by atoms with Gasteiger partial charge in [-0.15, -0.1) is 0 Å². The van der Waals surface area contributed by atoms with Gasteiger partial charge in [-0.1, -0.05) is 47.0 Å². The maximum atomic E-state index is 2.78. The van der Waals surface area contributed by atoms with E-state index in [1.165, 1.54) is 64.7 Å². The predicted octanol–water partition coefficient (Wildman–Crippen LogP) is 4.15. The van der Waals surface area contributed by atoms with Crippen molar-refractivity contribution in [1.29, 1.82) is 0 Å². The van der Waals surface area contributed by atoms with E-state index < -0.39 is 0 Å². The van der Waals surface area contributed by atoms with Crippen molar-refractivity contribution in [1.82, 2.24) is 9.80 Å². The molecule has 0 spiro atoms. The third kappa shape index (κ3) is 4.46. The lowest BCUT2D eigenvalue weighted by Gasteiger charge is -2.39. The number of hydrogen-bond donors (Lipinski definition) is 0. The van der Waals surface area contributed by atoms with Crippen molar-refractivity contribution in [2.75, 3.05) is 26.2 Å². The van der Waals surface area contributed by atoms with Crippen LogP contribution in [-0.2, 0) is 0 Å². The maximum Gasteiger partial charge on any atom is 0.0235 e. The number of likely N-dealkylation sites (N-methyl/N-ethyl adjacent to an activating group) is 1. The molecule has 2 nitrogen and oxygen atoms in total. The predicted molar refractivity (Wildman–Crippen MR) is 85.7 cm³/mol. The van der Waals surface area contributed by atoms with E-state index in [9.17, 15) is 0 Å². The van der Waals surface area contributed by atoms with Crippen molar-refractivity contribution < 1.29 is 0 Å². The number of nitrogens with zero attached hydrogens (tertiary/aromatic N) is 2. The lowest BCUT2D eigenvalue weighted by atomic mass is 9.90. The normalized spacial score (nSPS) is 24.0. The fourth-order valence-electron chi connectivity index (χ4n) is 3.58. The SMILES string of the molecule is CCCCCC(C)(CC)N1CCC(N(CC)CC)C1. The lowest BCUT2D eigenvalue weighted by molar-refractivity contribution is 0.102. The first kappa shape index (κ1) is 17.0. The summed E-state index contributed by atoms with van der Waals surface area (Å²) in [6.45, 7) is 16.8. The average Bonchev–Trinajstić information content (AvgIpc) is 2.90. The number of unbranched alkanes of at least 4 members (excludes halogenated alkanes) is 2. The highest BCUT2D eigenvalue weighted by molar-refractivity contribution is 4.93. The summed E-state index contributed by atoms with van der Waals surface area (Å²) in [5, 5.41) is 0. The van der Waals surface area contributed by atoms with Crippen LogP contribution in [0.15, 0.2) is 0 Å². The Morgan fingerprint density at radius 2 is 1.79 bits per heavy atom. The standard InChI is InChI=1S/C17H36N2/c1-6-10-11-13-17(5,7-2)19-14-12-16(15-19)18(8-3)9-4/h16H,6-15H2,1-5H3. The number of rotatable bonds is 9. The third-order valence-electron chi connectivity index (χ3n) is 5.34. The summed E-state index contributed by atoms with van der Waals surface area (Å²) >= 11 is 0. The molecule has 114 valence electrons. The highest BCUT2D eigenvalue weighted by Crippen LogP contribution is 2.31. The van der Waals surface area contributed by atoms with E-state index in [1.807, 2.05) is 0 Å². The highest BCUT2D eigenvalue weighted by Gasteiger charge is 2.36. The third-order valence-corrected chi connectivity index (χ3v) is 5.34. The van der Waals surface area contributed by atoms with Crippen LogP contribution in [-0.4, -0.2) is 47.6 Å². The van der Waals surface area contributed by atoms with Crippen molar-refractivity contribution in [3.63, 3.8) is 0 Å². The largest absolute Gasteiger partial charge is 0.300 e. The van der Waals surface area contributed by atoms with Crippen LogP contribution in [0.4, 0.5) is 0 Å². The molecular weight excluding hydrogens is 232 g/mol. The van der Waals surface area contributed by atoms with Gasteiger partial charge in [-0.3, -0.25) is 9.80 Å². The van der Waals surface area contributed by atoms with Gasteiger partial charge in [0.15, 0.2) is 0 Å². The quantitative estimate of drug-likeness (QED) is 0.580. The molecular formula is C17H36N2. The summed E-state index contributed by atoms with van der Waals surface area (Å²) in [6.07, 6.45) is 8.16. The minimum atomic E-state index is 0.442. The van der Waals surface area contributed by atoms with Crippen LogP contribution in [0.25, 0.3) is 0 Å². The summed E-state index contributed by atoms with van der Waals surface area (Å²) in [5.74, 6) is 0. The fraction of sp³-hybridized carbons (Fsp3) is 1.00.